The molecule has 0 saturated heterocycles. The Bertz CT molecular complexity index is 1750. The van der Waals surface area contributed by atoms with E-state index in [1.54, 1.807) is 12.3 Å². The minimum atomic E-state index is -0.267. The second-order valence-corrected chi connectivity index (χ2v) is 8.66. The summed E-state index contributed by atoms with van der Waals surface area (Å²) in [6.07, 6.45) is 3.61. The van der Waals surface area contributed by atoms with E-state index in [0.717, 1.165) is 21.2 Å². The molecule has 0 atom stereocenters. The van der Waals surface area contributed by atoms with Crippen molar-refractivity contribution >= 4 is 44.0 Å². The maximum absolute atomic E-state index is 13.5. The van der Waals surface area contributed by atoms with Gasteiger partial charge < -0.3 is 8.98 Å². The Morgan fingerprint density at radius 2 is 1.74 bits per heavy atom. The van der Waals surface area contributed by atoms with Crippen LogP contribution in [0.25, 0.3) is 39.1 Å². The average Bonchev–Trinajstić information content (AvgIpc) is 3.50. The largest absolute Gasteiger partial charge is 0.453 e. The predicted octanol–water partition coefficient (Wildman–Crippen LogP) is 6.25. The van der Waals surface area contributed by atoms with Crippen molar-refractivity contribution in [1.82, 2.24) is 14.2 Å². The van der Waals surface area contributed by atoms with Gasteiger partial charge in [0.15, 0.2) is 5.76 Å². The third-order valence-electron chi connectivity index (χ3n) is 5.57. The standard InChI is InChI=1S/C27H17BrN4O2/c28-19-12-13-24-18(15-19)16-25(34-24)26-30-23-11-5-4-10-22(23)27(33)32(26)29-17-21-9-6-14-31(21)20-7-2-1-3-8-20/h1-17H. The molecule has 3 aromatic carbocycles. The Balaban J connectivity index is 1.54. The molecular weight excluding hydrogens is 492 g/mol. The van der Waals surface area contributed by atoms with Gasteiger partial charge in [0.05, 0.1) is 22.8 Å². The van der Waals surface area contributed by atoms with Crippen LogP contribution in [0.2, 0.25) is 0 Å². The lowest BCUT2D eigenvalue weighted by Gasteiger charge is -2.08. The number of halogens is 1. The summed E-state index contributed by atoms with van der Waals surface area (Å²) in [6.45, 7) is 0. The molecule has 0 spiro atoms. The molecule has 3 heterocycles. The fourth-order valence-electron chi connectivity index (χ4n) is 3.95. The Hall–Kier alpha value is -4.23. The number of fused-ring (bicyclic) bond motifs is 2. The van der Waals surface area contributed by atoms with E-state index in [1.165, 1.54) is 4.68 Å². The van der Waals surface area contributed by atoms with Crippen LogP contribution in [0.1, 0.15) is 5.69 Å². The van der Waals surface area contributed by atoms with Crippen LogP contribution in [0.3, 0.4) is 0 Å². The van der Waals surface area contributed by atoms with Crippen molar-refractivity contribution in [2.24, 2.45) is 5.10 Å². The second kappa shape index (κ2) is 8.28. The van der Waals surface area contributed by atoms with E-state index in [1.807, 2.05) is 95.7 Å². The normalized spacial score (nSPS) is 11.7. The SMILES string of the molecule is O=c1c2ccccc2nc(-c2cc3cc(Br)ccc3o2)n1N=Cc1cccn1-c1ccccc1. The number of hydrogen-bond acceptors (Lipinski definition) is 4. The monoisotopic (exact) mass is 508 g/mol. The van der Waals surface area contributed by atoms with Crippen molar-refractivity contribution in [3.05, 3.63) is 118 Å². The van der Waals surface area contributed by atoms with E-state index in [2.05, 4.69) is 21.0 Å². The zero-order valence-electron chi connectivity index (χ0n) is 17.8. The second-order valence-electron chi connectivity index (χ2n) is 7.75. The molecule has 0 saturated carbocycles. The summed E-state index contributed by atoms with van der Waals surface area (Å²) in [5.74, 6) is 0.802. The highest BCUT2D eigenvalue weighted by atomic mass is 79.9. The number of aromatic nitrogens is 3. The highest BCUT2D eigenvalue weighted by Gasteiger charge is 2.16. The molecule has 3 aromatic heterocycles. The lowest BCUT2D eigenvalue weighted by molar-refractivity contribution is 0.616. The number of hydrogen-bond donors (Lipinski definition) is 0. The molecule has 0 unspecified atom stereocenters. The smallest absolute Gasteiger partial charge is 0.282 e. The van der Waals surface area contributed by atoms with E-state index in [9.17, 15) is 4.79 Å². The van der Waals surface area contributed by atoms with E-state index in [0.29, 0.717) is 28.1 Å². The molecular formula is C27H17BrN4O2. The molecule has 0 aliphatic heterocycles. The molecule has 34 heavy (non-hydrogen) atoms. The number of nitrogens with zero attached hydrogens (tertiary/aromatic N) is 4. The molecule has 0 amide bonds. The average molecular weight is 509 g/mol. The third kappa shape index (κ3) is 3.56. The van der Waals surface area contributed by atoms with Gasteiger partial charge in [-0.05, 0) is 60.7 Å². The summed E-state index contributed by atoms with van der Waals surface area (Å²) in [5, 5.41) is 5.96. The summed E-state index contributed by atoms with van der Waals surface area (Å²) >= 11 is 3.49. The molecule has 6 rings (SSSR count). The van der Waals surface area contributed by atoms with Crippen LogP contribution < -0.4 is 5.56 Å². The molecule has 0 aliphatic rings. The van der Waals surface area contributed by atoms with Gasteiger partial charge in [0.25, 0.3) is 5.56 Å². The fourth-order valence-corrected chi connectivity index (χ4v) is 4.33. The van der Waals surface area contributed by atoms with Gasteiger partial charge in [0, 0.05) is 21.7 Å². The summed E-state index contributed by atoms with van der Waals surface area (Å²) in [5.41, 5.74) is 2.85. The first-order chi connectivity index (χ1) is 16.7. The van der Waals surface area contributed by atoms with Gasteiger partial charge in [-0.25, -0.2) is 4.98 Å². The van der Waals surface area contributed by atoms with Crippen LogP contribution in [-0.2, 0) is 0 Å². The Kier molecular flexibility index (Phi) is 4.96. The van der Waals surface area contributed by atoms with Gasteiger partial charge in [0.1, 0.15) is 5.58 Å². The van der Waals surface area contributed by atoms with E-state index in [-0.39, 0.29) is 5.56 Å². The van der Waals surface area contributed by atoms with E-state index < -0.39 is 0 Å². The molecule has 0 fully saturated rings. The van der Waals surface area contributed by atoms with Crippen LogP contribution in [0, 0.1) is 0 Å². The van der Waals surface area contributed by atoms with Crippen LogP contribution in [-0.4, -0.2) is 20.4 Å². The highest BCUT2D eigenvalue weighted by Crippen LogP contribution is 2.29. The maximum atomic E-state index is 13.5. The van der Waals surface area contributed by atoms with E-state index >= 15 is 0 Å². The van der Waals surface area contributed by atoms with Crippen molar-refractivity contribution < 1.29 is 4.42 Å². The Morgan fingerprint density at radius 3 is 2.62 bits per heavy atom. The van der Waals surface area contributed by atoms with Crippen LogP contribution in [0.5, 0.6) is 0 Å². The van der Waals surface area contributed by atoms with Crippen LogP contribution >= 0.6 is 15.9 Å². The van der Waals surface area contributed by atoms with Crippen LogP contribution in [0.15, 0.2) is 116 Å². The summed E-state index contributed by atoms with van der Waals surface area (Å²) < 4.78 is 10.3. The summed E-state index contributed by atoms with van der Waals surface area (Å²) in [6, 6.07) is 28.7. The van der Waals surface area contributed by atoms with Gasteiger partial charge in [-0.1, -0.05) is 46.3 Å². The Morgan fingerprint density at radius 1 is 0.912 bits per heavy atom. The maximum Gasteiger partial charge on any atom is 0.282 e. The number of rotatable bonds is 4. The first-order valence-corrected chi connectivity index (χ1v) is 11.4. The van der Waals surface area contributed by atoms with Gasteiger partial charge >= 0.3 is 0 Å². The van der Waals surface area contributed by atoms with Crippen molar-refractivity contribution in [3.8, 4) is 17.3 Å². The minimum Gasteiger partial charge on any atom is -0.453 e. The van der Waals surface area contributed by atoms with Crippen LogP contribution in [0.4, 0.5) is 0 Å². The fraction of sp³-hybridized carbons (Fsp3) is 0. The molecule has 0 N–H and O–H groups in total. The lowest BCUT2D eigenvalue weighted by Crippen LogP contribution is -2.20. The first kappa shape index (κ1) is 20.4. The van der Waals surface area contributed by atoms with Gasteiger partial charge in [-0.15, -0.1) is 0 Å². The Labute approximate surface area is 202 Å². The summed E-state index contributed by atoms with van der Waals surface area (Å²) in [4.78, 5) is 18.2. The molecule has 7 heteroatoms. The number of furan rings is 1. The third-order valence-corrected chi connectivity index (χ3v) is 6.07. The molecule has 6 nitrogen and oxygen atoms in total. The lowest BCUT2D eigenvalue weighted by atomic mass is 10.2. The van der Waals surface area contributed by atoms with Crippen molar-refractivity contribution in [2.75, 3.05) is 0 Å². The van der Waals surface area contributed by atoms with Gasteiger partial charge in [-0.3, -0.25) is 4.79 Å². The van der Waals surface area contributed by atoms with Gasteiger partial charge in [-0.2, -0.15) is 9.78 Å². The van der Waals surface area contributed by atoms with Gasteiger partial charge in [0.2, 0.25) is 5.82 Å². The molecule has 0 aliphatic carbocycles. The zero-order valence-corrected chi connectivity index (χ0v) is 19.4. The number of benzene rings is 3. The minimum absolute atomic E-state index is 0.267. The molecule has 164 valence electrons. The quantitative estimate of drug-likeness (QED) is 0.264. The topological polar surface area (TPSA) is 65.3 Å². The predicted molar refractivity (Wildman–Crippen MR) is 138 cm³/mol. The zero-order chi connectivity index (χ0) is 23.1. The summed E-state index contributed by atoms with van der Waals surface area (Å²) in [7, 11) is 0. The van der Waals surface area contributed by atoms with Crippen molar-refractivity contribution in [1.29, 1.82) is 0 Å². The van der Waals surface area contributed by atoms with Crippen molar-refractivity contribution in [2.45, 2.75) is 0 Å². The highest BCUT2D eigenvalue weighted by molar-refractivity contribution is 9.10. The first-order valence-electron chi connectivity index (χ1n) is 10.7. The van der Waals surface area contributed by atoms with E-state index in [4.69, 9.17) is 9.40 Å². The molecule has 0 bridgehead atoms. The molecule has 0 radical (unpaired) electrons. The van der Waals surface area contributed by atoms with Crippen molar-refractivity contribution in [3.63, 3.8) is 0 Å². The number of para-hydroxylation sites is 2. The molecule has 6 aromatic rings.